The molecule has 0 spiro atoms. The highest BCUT2D eigenvalue weighted by Gasteiger charge is 2.12. The maximum Gasteiger partial charge on any atom is 0.170 e. The molecule has 1 N–H and O–H groups in total. The van der Waals surface area contributed by atoms with Gasteiger partial charge in [-0.2, -0.15) is 0 Å². The summed E-state index contributed by atoms with van der Waals surface area (Å²) in [5, 5.41) is 9.16. The second-order valence-corrected chi connectivity index (χ2v) is 4.85. The minimum Gasteiger partial charge on any atom is -0.508 e. The number of carbonyl (C=O) groups excluding carboxylic acids is 2. The van der Waals surface area contributed by atoms with E-state index in [4.69, 9.17) is 5.11 Å². The minimum atomic E-state index is -0.220. The Bertz CT molecular complexity index is 610. The fraction of sp³-hybridized carbons (Fsp3) is 0.176. The maximum atomic E-state index is 11.9. The Labute approximate surface area is 117 Å². The van der Waals surface area contributed by atoms with Crippen LogP contribution in [0.2, 0.25) is 0 Å². The molecule has 0 radical (unpaired) electrons. The first kappa shape index (κ1) is 14.0. The van der Waals surface area contributed by atoms with Crippen molar-refractivity contribution in [2.45, 2.75) is 19.8 Å². The highest BCUT2D eigenvalue weighted by Crippen LogP contribution is 2.12. The zero-order chi connectivity index (χ0) is 14.5. The number of ketones is 2. The summed E-state index contributed by atoms with van der Waals surface area (Å²) in [6.07, 6.45) is 0.156. The Kier molecular flexibility index (Phi) is 4.31. The van der Waals surface area contributed by atoms with Gasteiger partial charge in [-0.1, -0.05) is 29.8 Å². The van der Waals surface area contributed by atoms with Gasteiger partial charge in [0.2, 0.25) is 0 Å². The number of hydrogen-bond donors (Lipinski definition) is 1. The Morgan fingerprint density at radius 1 is 0.950 bits per heavy atom. The molecule has 0 bridgehead atoms. The van der Waals surface area contributed by atoms with Crippen LogP contribution in [0.1, 0.15) is 27.9 Å². The number of aryl methyl sites for hydroxylation is 1. The lowest BCUT2D eigenvalue weighted by Crippen LogP contribution is -2.10. The molecule has 0 atom stereocenters. The summed E-state index contributed by atoms with van der Waals surface area (Å²) >= 11 is 0. The van der Waals surface area contributed by atoms with E-state index < -0.39 is 0 Å². The van der Waals surface area contributed by atoms with E-state index in [2.05, 4.69) is 0 Å². The third-order valence-corrected chi connectivity index (χ3v) is 3.07. The van der Waals surface area contributed by atoms with Crippen LogP contribution in [-0.4, -0.2) is 16.7 Å². The van der Waals surface area contributed by atoms with Crippen LogP contribution in [0.25, 0.3) is 0 Å². The van der Waals surface area contributed by atoms with Crippen LogP contribution >= 0.6 is 0 Å². The summed E-state index contributed by atoms with van der Waals surface area (Å²) in [5.74, 6) is -0.221. The van der Waals surface area contributed by atoms with Crippen LogP contribution in [0.4, 0.5) is 0 Å². The molecule has 3 nitrogen and oxygen atoms in total. The second kappa shape index (κ2) is 6.15. The van der Waals surface area contributed by atoms with Crippen LogP contribution in [-0.2, 0) is 11.2 Å². The summed E-state index contributed by atoms with van der Waals surface area (Å²) in [6, 6.07) is 13.6. The van der Waals surface area contributed by atoms with Gasteiger partial charge in [-0.3, -0.25) is 9.59 Å². The van der Waals surface area contributed by atoms with Crippen molar-refractivity contribution in [1.29, 1.82) is 0 Å². The quantitative estimate of drug-likeness (QED) is 0.669. The van der Waals surface area contributed by atoms with Crippen molar-refractivity contribution < 1.29 is 14.7 Å². The number of phenols is 1. The number of benzene rings is 2. The molecule has 0 saturated carbocycles. The molecule has 2 rings (SSSR count). The summed E-state index contributed by atoms with van der Waals surface area (Å²) in [7, 11) is 0. The van der Waals surface area contributed by atoms with Crippen molar-refractivity contribution in [2.24, 2.45) is 0 Å². The lowest BCUT2D eigenvalue weighted by molar-refractivity contribution is -0.117. The molecule has 0 heterocycles. The number of rotatable bonds is 5. The molecule has 20 heavy (non-hydrogen) atoms. The fourth-order valence-corrected chi connectivity index (χ4v) is 1.92. The van der Waals surface area contributed by atoms with Gasteiger partial charge in [0.05, 0.1) is 6.42 Å². The van der Waals surface area contributed by atoms with Crippen molar-refractivity contribution >= 4 is 11.6 Å². The summed E-state index contributed by atoms with van der Waals surface area (Å²) < 4.78 is 0. The van der Waals surface area contributed by atoms with Crippen LogP contribution in [0.3, 0.4) is 0 Å². The first-order valence-electron chi connectivity index (χ1n) is 6.44. The summed E-state index contributed by atoms with van der Waals surface area (Å²) in [5.41, 5.74) is 2.50. The number of hydrogen-bond acceptors (Lipinski definition) is 3. The van der Waals surface area contributed by atoms with Crippen LogP contribution < -0.4 is 0 Å². The molecule has 2 aromatic carbocycles. The first-order chi connectivity index (χ1) is 9.54. The van der Waals surface area contributed by atoms with Gasteiger partial charge in [-0.15, -0.1) is 0 Å². The van der Waals surface area contributed by atoms with E-state index in [0.29, 0.717) is 5.56 Å². The van der Waals surface area contributed by atoms with E-state index in [-0.39, 0.29) is 30.2 Å². The molecular formula is C17H16O3. The van der Waals surface area contributed by atoms with E-state index in [1.807, 2.05) is 31.2 Å². The fourth-order valence-electron chi connectivity index (χ4n) is 1.92. The average molecular weight is 268 g/mol. The maximum absolute atomic E-state index is 11.9. The van der Waals surface area contributed by atoms with Crippen LogP contribution in [0.5, 0.6) is 5.75 Å². The molecule has 0 aliphatic heterocycles. The van der Waals surface area contributed by atoms with E-state index in [1.54, 1.807) is 0 Å². The van der Waals surface area contributed by atoms with Crippen molar-refractivity contribution in [1.82, 2.24) is 0 Å². The van der Waals surface area contributed by atoms with Gasteiger partial charge < -0.3 is 5.11 Å². The highest BCUT2D eigenvalue weighted by atomic mass is 16.3. The largest absolute Gasteiger partial charge is 0.508 e. The normalized spacial score (nSPS) is 10.2. The van der Waals surface area contributed by atoms with Gasteiger partial charge in [0.1, 0.15) is 11.5 Å². The predicted octanol–water partition coefficient (Wildman–Crippen LogP) is 3.09. The van der Waals surface area contributed by atoms with Gasteiger partial charge in [0.15, 0.2) is 5.78 Å². The lowest BCUT2D eigenvalue weighted by atomic mass is 10.0. The van der Waals surface area contributed by atoms with Crippen LogP contribution in [0.15, 0.2) is 48.5 Å². The summed E-state index contributed by atoms with van der Waals surface area (Å²) in [6.45, 7) is 1.99. The van der Waals surface area contributed by atoms with Gasteiger partial charge in [0, 0.05) is 12.0 Å². The average Bonchev–Trinajstić information content (AvgIpc) is 2.42. The molecule has 0 saturated heterocycles. The van der Waals surface area contributed by atoms with E-state index in [0.717, 1.165) is 11.1 Å². The lowest BCUT2D eigenvalue weighted by Gasteiger charge is -2.03. The van der Waals surface area contributed by atoms with Gasteiger partial charge in [0.25, 0.3) is 0 Å². The number of Topliss-reactive ketones (excluding diaryl/α,β-unsaturated/α-hetero) is 2. The van der Waals surface area contributed by atoms with E-state index >= 15 is 0 Å². The van der Waals surface area contributed by atoms with Crippen molar-refractivity contribution in [2.75, 3.05) is 0 Å². The molecule has 3 heteroatoms. The smallest absolute Gasteiger partial charge is 0.170 e. The SMILES string of the molecule is Cc1ccc(CC(=O)CC(=O)c2ccc(O)cc2)cc1. The highest BCUT2D eigenvalue weighted by molar-refractivity contribution is 6.08. The zero-order valence-electron chi connectivity index (χ0n) is 11.3. The molecule has 0 unspecified atom stereocenters. The van der Waals surface area contributed by atoms with E-state index in [9.17, 15) is 9.59 Å². The molecule has 0 aliphatic carbocycles. The zero-order valence-corrected chi connectivity index (χ0v) is 11.3. The molecule has 0 amide bonds. The topological polar surface area (TPSA) is 54.4 Å². The number of carbonyl (C=O) groups is 2. The molecule has 0 fully saturated rings. The molecule has 0 aromatic heterocycles. The molecule has 0 aliphatic rings. The van der Waals surface area contributed by atoms with Crippen molar-refractivity contribution in [3.05, 3.63) is 65.2 Å². The third-order valence-electron chi connectivity index (χ3n) is 3.07. The Morgan fingerprint density at radius 3 is 2.15 bits per heavy atom. The predicted molar refractivity (Wildman–Crippen MR) is 76.9 cm³/mol. The van der Waals surface area contributed by atoms with Crippen molar-refractivity contribution in [3.63, 3.8) is 0 Å². The van der Waals surface area contributed by atoms with Crippen molar-refractivity contribution in [3.8, 4) is 5.75 Å². The molecule has 2 aromatic rings. The van der Waals surface area contributed by atoms with Crippen LogP contribution in [0, 0.1) is 6.92 Å². The number of phenolic OH excluding ortho intramolecular Hbond substituents is 1. The second-order valence-electron chi connectivity index (χ2n) is 4.85. The molecule has 102 valence electrons. The third kappa shape index (κ3) is 3.79. The monoisotopic (exact) mass is 268 g/mol. The Hall–Kier alpha value is -2.42. The molecular weight excluding hydrogens is 252 g/mol. The van der Waals surface area contributed by atoms with E-state index in [1.165, 1.54) is 24.3 Å². The number of aromatic hydroxyl groups is 1. The first-order valence-corrected chi connectivity index (χ1v) is 6.44. The standard InChI is InChI=1S/C17H16O3/c1-12-2-4-13(5-3-12)10-16(19)11-17(20)14-6-8-15(18)9-7-14/h2-9,18H,10-11H2,1H3. The van der Waals surface area contributed by atoms with Gasteiger partial charge >= 0.3 is 0 Å². The van der Waals surface area contributed by atoms with Gasteiger partial charge in [-0.05, 0) is 36.8 Å². The minimum absolute atomic E-state index is 0.104. The Morgan fingerprint density at radius 2 is 1.55 bits per heavy atom. The Balaban J connectivity index is 1.95. The summed E-state index contributed by atoms with van der Waals surface area (Å²) in [4.78, 5) is 23.8. The van der Waals surface area contributed by atoms with Gasteiger partial charge in [-0.25, -0.2) is 0 Å².